The van der Waals surface area contributed by atoms with E-state index < -0.39 is 16.6 Å². The van der Waals surface area contributed by atoms with Gasteiger partial charge in [-0.1, -0.05) is 12.1 Å². The van der Waals surface area contributed by atoms with E-state index >= 15 is 0 Å². The van der Waals surface area contributed by atoms with Crippen molar-refractivity contribution in [3.63, 3.8) is 0 Å². The van der Waals surface area contributed by atoms with Crippen molar-refractivity contribution in [2.45, 2.75) is 12.8 Å². The number of amides is 1. The number of nitrogens with one attached hydrogen (secondary N) is 2. The Labute approximate surface area is 160 Å². The average Bonchev–Trinajstić information content (AvgIpc) is 3.17. The fraction of sp³-hybridized carbons (Fsp3) is 0.222. The first kappa shape index (κ1) is 18.7. The summed E-state index contributed by atoms with van der Waals surface area (Å²) < 4.78 is 13.6. The fourth-order valence-corrected chi connectivity index (χ4v) is 3.13. The number of hydrogen-bond donors (Lipinski definition) is 2. The standard InChI is InChI=1S/C18H17FN4O3S/c19-13-5-1-2-6-14(13)20-18(27)21-17(24)12-7-8-15(16(11-12)23(25)26)22-9-3-4-10-22/h1-2,5-8,11H,3-4,9-10H2,(H2,20,21,24,27). The van der Waals surface area contributed by atoms with Crippen LogP contribution in [0.15, 0.2) is 42.5 Å². The maximum absolute atomic E-state index is 13.6. The molecule has 2 aromatic rings. The quantitative estimate of drug-likeness (QED) is 0.474. The van der Waals surface area contributed by atoms with Crippen molar-refractivity contribution >= 4 is 40.3 Å². The molecule has 0 saturated carbocycles. The smallest absolute Gasteiger partial charge is 0.293 e. The fourth-order valence-electron chi connectivity index (χ4n) is 2.93. The van der Waals surface area contributed by atoms with E-state index in [1.165, 1.54) is 30.3 Å². The first-order valence-corrected chi connectivity index (χ1v) is 8.77. The summed E-state index contributed by atoms with van der Waals surface area (Å²) in [6, 6.07) is 10.2. The Morgan fingerprint density at radius 2 is 1.89 bits per heavy atom. The molecule has 27 heavy (non-hydrogen) atoms. The van der Waals surface area contributed by atoms with Crippen LogP contribution in [0, 0.1) is 15.9 Å². The second-order valence-electron chi connectivity index (χ2n) is 6.04. The number of hydrogen-bond acceptors (Lipinski definition) is 5. The summed E-state index contributed by atoms with van der Waals surface area (Å²) in [4.78, 5) is 25.2. The van der Waals surface area contributed by atoms with Crippen molar-refractivity contribution < 1.29 is 14.1 Å². The van der Waals surface area contributed by atoms with Gasteiger partial charge in [-0.2, -0.15) is 0 Å². The van der Waals surface area contributed by atoms with E-state index in [1.54, 1.807) is 12.1 Å². The molecule has 0 bridgehead atoms. The van der Waals surface area contributed by atoms with E-state index in [1.807, 2.05) is 4.90 Å². The minimum atomic E-state index is -0.611. The molecule has 1 fully saturated rings. The van der Waals surface area contributed by atoms with Crippen LogP contribution in [0.2, 0.25) is 0 Å². The molecule has 1 aliphatic heterocycles. The molecule has 0 aromatic heterocycles. The van der Waals surface area contributed by atoms with E-state index in [-0.39, 0.29) is 22.1 Å². The molecule has 7 nitrogen and oxygen atoms in total. The number of benzene rings is 2. The van der Waals surface area contributed by atoms with Gasteiger partial charge in [0, 0.05) is 24.7 Å². The number of nitrogens with zero attached hydrogens (tertiary/aromatic N) is 2. The maximum atomic E-state index is 13.6. The van der Waals surface area contributed by atoms with E-state index in [9.17, 15) is 19.3 Å². The van der Waals surface area contributed by atoms with Crippen LogP contribution in [-0.2, 0) is 0 Å². The van der Waals surface area contributed by atoms with Gasteiger partial charge in [-0.25, -0.2) is 4.39 Å². The molecular formula is C18H17FN4O3S. The first-order valence-electron chi connectivity index (χ1n) is 8.36. The number of rotatable bonds is 4. The van der Waals surface area contributed by atoms with Gasteiger partial charge in [0.25, 0.3) is 11.6 Å². The number of carbonyl (C=O) groups excluding carboxylic acids is 1. The molecule has 9 heteroatoms. The third-order valence-electron chi connectivity index (χ3n) is 4.23. The van der Waals surface area contributed by atoms with Crippen molar-refractivity contribution in [2.75, 3.05) is 23.3 Å². The van der Waals surface area contributed by atoms with Crippen LogP contribution in [0.3, 0.4) is 0 Å². The van der Waals surface area contributed by atoms with E-state index in [2.05, 4.69) is 10.6 Å². The summed E-state index contributed by atoms with van der Waals surface area (Å²) in [5, 5.41) is 16.3. The molecule has 2 N–H and O–H groups in total. The maximum Gasteiger partial charge on any atom is 0.293 e. The SMILES string of the molecule is O=C(NC(=S)Nc1ccccc1F)c1ccc(N2CCCC2)c([N+](=O)[O-])c1. The molecule has 1 saturated heterocycles. The number of halogens is 1. The normalized spacial score (nSPS) is 13.3. The lowest BCUT2D eigenvalue weighted by Gasteiger charge is -2.18. The predicted molar refractivity (Wildman–Crippen MR) is 105 cm³/mol. The van der Waals surface area contributed by atoms with Crippen LogP contribution in [-0.4, -0.2) is 29.0 Å². The second-order valence-corrected chi connectivity index (χ2v) is 6.45. The topological polar surface area (TPSA) is 87.5 Å². The van der Waals surface area contributed by atoms with E-state index in [4.69, 9.17) is 12.2 Å². The minimum absolute atomic E-state index is 0.0994. The lowest BCUT2D eigenvalue weighted by molar-refractivity contribution is -0.384. The van der Waals surface area contributed by atoms with Crippen molar-refractivity contribution in [3.8, 4) is 0 Å². The van der Waals surface area contributed by atoms with Crippen LogP contribution in [0.25, 0.3) is 0 Å². The van der Waals surface area contributed by atoms with Gasteiger partial charge in [0.15, 0.2) is 5.11 Å². The van der Waals surface area contributed by atoms with Crippen molar-refractivity contribution in [3.05, 3.63) is 64.0 Å². The zero-order chi connectivity index (χ0) is 19.4. The summed E-state index contributed by atoms with van der Waals surface area (Å²) in [7, 11) is 0. The van der Waals surface area contributed by atoms with Gasteiger partial charge in [0.2, 0.25) is 0 Å². The summed E-state index contributed by atoms with van der Waals surface area (Å²) in [5.74, 6) is -1.13. The van der Waals surface area contributed by atoms with Crippen LogP contribution in [0.1, 0.15) is 23.2 Å². The predicted octanol–water partition coefficient (Wildman–Crippen LogP) is 3.46. The van der Waals surface area contributed by atoms with Gasteiger partial charge in [0.05, 0.1) is 10.6 Å². The molecule has 0 spiro atoms. The third kappa shape index (κ3) is 4.37. The van der Waals surface area contributed by atoms with Gasteiger partial charge in [-0.3, -0.25) is 20.2 Å². The number of carbonyl (C=O) groups is 1. The molecule has 2 aromatic carbocycles. The van der Waals surface area contributed by atoms with Crippen LogP contribution >= 0.6 is 12.2 Å². The molecule has 0 atom stereocenters. The number of nitro groups is 1. The van der Waals surface area contributed by atoms with E-state index in [0.29, 0.717) is 5.69 Å². The number of para-hydroxylation sites is 1. The van der Waals surface area contributed by atoms with Crippen molar-refractivity contribution in [1.82, 2.24) is 5.32 Å². The van der Waals surface area contributed by atoms with Gasteiger partial charge in [-0.05, 0) is 49.3 Å². The summed E-state index contributed by atoms with van der Waals surface area (Å²) >= 11 is 5.02. The second kappa shape index (κ2) is 8.09. The van der Waals surface area contributed by atoms with Crippen molar-refractivity contribution in [2.24, 2.45) is 0 Å². The Morgan fingerprint density at radius 3 is 2.56 bits per heavy atom. The lowest BCUT2D eigenvalue weighted by Crippen LogP contribution is -2.34. The molecular weight excluding hydrogens is 371 g/mol. The number of thiocarbonyl (C=S) groups is 1. The Bertz CT molecular complexity index is 900. The molecule has 140 valence electrons. The molecule has 0 radical (unpaired) electrons. The Balaban J connectivity index is 1.74. The molecule has 1 amide bonds. The third-order valence-corrected chi connectivity index (χ3v) is 4.43. The number of nitro benzene ring substituents is 1. The largest absolute Gasteiger partial charge is 0.366 e. The zero-order valence-electron chi connectivity index (χ0n) is 14.3. The minimum Gasteiger partial charge on any atom is -0.366 e. The van der Waals surface area contributed by atoms with E-state index in [0.717, 1.165) is 25.9 Å². The molecule has 3 rings (SSSR count). The Hall–Kier alpha value is -3.07. The summed E-state index contributed by atoms with van der Waals surface area (Å²) in [5.41, 5.74) is 0.596. The summed E-state index contributed by atoms with van der Waals surface area (Å²) in [6.07, 6.45) is 1.96. The first-order chi connectivity index (χ1) is 13.0. The lowest BCUT2D eigenvalue weighted by atomic mass is 10.1. The van der Waals surface area contributed by atoms with Gasteiger partial charge >= 0.3 is 0 Å². The highest BCUT2D eigenvalue weighted by atomic mass is 32.1. The zero-order valence-corrected chi connectivity index (χ0v) is 15.1. The van der Waals surface area contributed by atoms with Gasteiger partial charge in [0.1, 0.15) is 11.5 Å². The highest BCUT2D eigenvalue weighted by Gasteiger charge is 2.24. The monoisotopic (exact) mass is 388 g/mol. The van der Waals surface area contributed by atoms with Crippen molar-refractivity contribution in [1.29, 1.82) is 0 Å². The average molecular weight is 388 g/mol. The Kier molecular flexibility index (Phi) is 5.60. The van der Waals surface area contributed by atoms with Crippen LogP contribution in [0.4, 0.5) is 21.5 Å². The van der Waals surface area contributed by atoms with Gasteiger partial charge in [-0.15, -0.1) is 0 Å². The highest BCUT2D eigenvalue weighted by Crippen LogP contribution is 2.31. The number of anilines is 2. The van der Waals surface area contributed by atoms with Crippen LogP contribution < -0.4 is 15.5 Å². The highest BCUT2D eigenvalue weighted by molar-refractivity contribution is 7.80. The van der Waals surface area contributed by atoms with Crippen LogP contribution in [0.5, 0.6) is 0 Å². The molecule has 0 aliphatic carbocycles. The molecule has 0 unspecified atom stereocenters. The molecule has 1 heterocycles. The Morgan fingerprint density at radius 1 is 1.19 bits per heavy atom. The van der Waals surface area contributed by atoms with Gasteiger partial charge < -0.3 is 10.2 Å². The summed E-state index contributed by atoms with van der Waals surface area (Å²) in [6.45, 7) is 1.51. The molecule has 1 aliphatic rings.